The molecule has 0 saturated heterocycles. The minimum atomic E-state index is -3.66. The first-order chi connectivity index (χ1) is 12.6. The number of hydrogen-bond acceptors (Lipinski definition) is 2. The molecule has 0 spiro atoms. The van der Waals surface area contributed by atoms with Crippen LogP contribution in [-0.4, -0.2) is 8.42 Å². The van der Waals surface area contributed by atoms with Gasteiger partial charge in [0, 0.05) is 11.1 Å². The third-order valence-electron chi connectivity index (χ3n) is 5.13. The van der Waals surface area contributed by atoms with Gasteiger partial charge in [-0.1, -0.05) is 54.6 Å². The lowest BCUT2D eigenvalue weighted by Gasteiger charge is -2.12. The van der Waals surface area contributed by atoms with E-state index in [9.17, 15) is 8.42 Å². The Hall–Kier alpha value is -2.85. The highest BCUT2D eigenvalue weighted by Gasteiger charge is 2.22. The molecule has 1 N–H and O–H groups in total. The monoisotopic (exact) mass is 359 g/mol. The van der Waals surface area contributed by atoms with Gasteiger partial charge in [0.15, 0.2) is 0 Å². The Morgan fingerprint density at radius 3 is 2.35 bits per heavy atom. The fraction of sp³-hybridized carbons (Fsp3) is 0.0909. The fourth-order valence-electron chi connectivity index (χ4n) is 3.92. The summed E-state index contributed by atoms with van der Waals surface area (Å²) >= 11 is 0. The molecule has 4 aromatic rings. The lowest BCUT2D eigenvalue weighted by atomic mass is 10.1. The number of anilines is 1. The molecule has 5 rings (SSSR count). The van der Waals surface area contributed by atoms with Crippen LogP contribution in [0.15, 0.2) is 77.7 Å². The topological polar surface area (TPSA) is 46.2 Å². The van der Waals surface area contributed by atoms with Crippen LogP contribution in [-0.2, 0) is 22.9 Å². The van der Waals surface area contributed by atoms with Crippen molar-refractivity contribution in [3.8, 4) is 0 Å². The van der Waals surface area contributed by atoms with E-state index in [0.717, 1.165) is 34.4 Å². The average Bonchev–Trinajstić information content (AvgIpc) is 3.07. The van der Waals surface area contributed by atoms with Crippen molar-refractivity contribution in [1.82, 2.24) is 0 Å². The van der Waals surface area contributed by atoms with E-state index >= 15 is 0 Å². The molecule has 3 nitrogen and oxygen atoms in total. The standard InChI is InChI=1S/C22H17NO2S/c24-26(25,23-19-12-10-15-4-1-2-5-18(15)14-19)21-13-11-17-9-8-16-6-3-7-20(21)22(16)17/h1-7,10-14,23H,8-9H2. The van der Waals surface area contributed by atoms with Crippen molar-refractivity contribution < 1.29 is 8.42 Å². The third-order valence-corrected chi connectivity index (χ3v) is 6.57. The Morgan fingerprint density at radius 2 is 1.50 bits per heavy atom. The average molecular weight is 359 g/mol. The van der Waals surface area contributed by atoms with Gasteiger partial charge in [-0.3, -0.25) is 4.72 Å². The minimum Gasteiger partial charge on any atom is -0.280 e. The first kappa shape index (κ1) is 15.4. The summed E-state index contributed by atoms with van der Waals surface area (Å²) in [5.74, 6) is 0. The van der Waals surface area contributed by atoms with E-state index in [1.165, 1.54) is 11.1 Å². The maximum Gasteiger partial charge on any atom is 0.262 e. The molecule has 0 amide bonds. The van der Waals surface area contributed by atoms with Crippen molar-refractivity contribution in [2.45, 2.75) is 17.7 Å². The summed E-state index contributed by atoms with van der Waals surface area (Å²) in [6, 6.07) is 23.1. The normalized spacial score (nSPS) is 13.4. The Balaban J connectivity index is 1.62. The summed E-state index contributed by atoms with van der Waals surface area (Å²) in [4.78, 5) is 0.341. The predicted molar refractivity (Wildman–Crippen MR) is 106 cm³/mol. The van der Waals surface area contributed by atoms with Gasteiger partial charge in [-0.15, -0.1) is 0 Å². The van der Waals surface area contributed by atoms with Gasteiger partial charge in [0.2, 0.25) is 0 Å². The first-order valence-corrected chi connectivity index (χ1v) is 10.2. The molecule has 26 heavy (non-hydrogen) atoms. The van der Waals surface area contributed by atoms with Gasteiger partial charge in [0.1, 0.15) is 0 Å². The molecule has 4 aromatic carbocycles. The largest absolute Gasteiger partial charge is 0.280 e. The van der Waals surface area contributed by atoms with Crippen LogP contribution >= 0.6 is 0 Å². The molecule has 0 radical (unpaired) electrons. The van der Waals surface area contributed by atoms with E-state index in [4.69, 9.17) is 0 Å². The van der Waals surface area contributed by atoms with Crippen LogP contribution < -0.4 is 4.72 Å². The molecule has 128 valence electrons. The zero-order valence-electron chi connectivity index (χ0n) is 14.1. The van der Waals surface area contributed by atoms with Gasteiger partial charge in [0.05, 0.1) is 4.90 Å². The molecule has 0 fully saturated rings. The van der Waals surface area contributed by atoms with Gasteiger partial charge in [-0.05, 0) is 58.3 Å². The summed E-state index contributed by atoms with van der Waals surface area (Å²) in [5.41, 5.74) is 3.05. The second-order valence-corrected chi connectivity index (χ2v) is 8.38. The lowest BCUT2D eigenvalue weighted by molar-refractivity contribution is 0.602. The Labute approximate surface area is 152 Å². The van der Waals surface area contributed by atoms with E-state index in [-0.39, 0.29) is 0 Å². The molecule has 0 aromatic heterocycles. The second kappa shape index (κ2) is 5.58. The van der Waals surface area contributed by atoms with E-state index in [1.807, 2.05) is 54.6 Å². The molecular formula is C22H17NO2S. The number of hydrogen-bond donors (Lipinski definition) is 1. The lowest BCUT2D eigenvalue weighted by Crippen LogP contribution is -2.13. The van der Waals surface area contributed by atoms with E-state index in [2.05, 4.69) is 10.8 Å². The molecule has 0 heterocycles. The maximum atomic E-state index is 13.1. The van der Waals surface area contributed by atoms with Crippen molar-refractivity contribution in [3.63, 3.8) is 0 Å². The molecule has 0 atom stereocenters. The van der Waals surface area contributed by atoms with Crippen molar-refractivity contribution in [3.05, 3.63) is 83.9 Å². The van der Waals surface area contributed by atoms with Gasteiger partial charge in [0.25, 0.3) is 10.0 Å². The number of rotatable bonds is 3. The SMILES string of the molecule is O=S(=O)(Nc1ccc2ccccc2c1)c1ccc2c3c(cccc13)CC2. The van der Waals surface area contributed by atoms with E-state index in [1.54, 1.807) is 12.1 Å². The second-order valence-electron chi connectivity index (χ2n) is 6.73. The van der Waals surface area contributed by atoms with Gasteiger partial charge in [-0.25, -0.2) is 8.42 Å². The number of aryl methyl sites for hydroxylation is 2. The highest BCUT2D eigenvalue weighted by molar-refractivity contribution is 7.93. The Morgan fingerprint density at radius 1 is 0.731 bits per heavy atom. The van der Waals surface area contributed by atoms with Gasteiger partial charge in [-0.2, -0.15) is 0 Å². The first-order valence-electron chi connectivity index (χ1n) is 8.67. The smallest absolute Gasteiger partial charge is 0.262 e. The zero-order valence-corrected chi connectivity index (χ0v) is 14.9. The molecule has 4 heteroatoms. The molecule has 1 aliphatic rings. The van der Waals surface area contributed by atoms with Crippen LogP contribution in [0.25, 0.3) is 21.5 Å². The highest BCUT2D eigenvalue weighted by Crippen LogP contribution is 2.35. The third kappa shape index (κ3) is 2.37. The summed E-state index contributed by atoms with van der Waals surface area (Å²) < 4.78 is 28.9. The number of fused-ring (bicyclic) bond motifs is 1. The van der Waals surface area contributed by atoms with Crippen molar-refractivity contribution in [1.29, 1.82) is 0 Å². The highest BCUT2D eigenvalue weighted by atomic mass is 32.2. The van der Waals surface area contributed by atoms with Crippen molar-refractivity contribution >= 4 is 37.3 Å². The Bertz CT molecular complexity index is 1270. The number of sulfonamides is 1. The summed E-state index contributed by atoms with van der Waals surface area (Å²) in [6.07, 6.45) is 1.96. The number of nitrogens with one attached hydrogen (secondary N) is 1. The predicted octanol–water partition coefficient (Wildman–Crippen LogP) is 4.89. The molecule has 0 bridgehead atoms. The molecule has 1 aliphatic carbocycles. The summed E-state index contributed by atoms with van der Waals surface area (Å²) in [6.45, 7) is 0. The van der Waals surface area contributed by atoms with Crippen LogP contribution in [0.2, 0.25) is 0 Å². The van der Waals surface area contributed by atoms with Gasteiger partial charge >= 0.3 is 0 Å². The van der Waals surface area contributed by atoms with E-state index < -0.39 is 10.0 Å². The van der Waals surface area contributed by atoms with Crippen LogP contribution in [0, 0.1) is 0 Å². The van der Waals surface area contributed by atoms with Crippen molar-refractivity contribution in [2.75, 3.05) is 4.72 Å². The Kier molecular flexibility index (Phi) is 3.31. The van der Waals surface area contributed by atoms with Crippen LogP contribution in [0.5, 0.6) is 0 Å². The summed E-state index contributed by atoms with van der Waals surface area (Å²) in [7, 11) is -3.66. The number of benzene rings is 4. The van der Waals surface area contributed by atoms with Crippen LogP contribution in [0.4, 0.5) is 5.69 Å². The van der Waals surface area contributed by atoms with E-state index in [0.29, 0.717) is 10.6 Å². The molecular weight excluding hydrogens is 342 g/mol. The quantitative estimate of drug-likeness (QED) is 0.566. The summed E-state index contributed by atoms with van der Waals surface area (Å²) in [5, 5.41) is 4.01. The maximum absolute atomic E-state index is 13.1. The fourth-order valence-corrected chi connectivity index (χ4v) is 5.17. The van der Waals surface area contributed by atoms with Crippen molar-refractivity contribution in [2.24, 2.45) is 0 Å². The molecule has 0 unspecified atom stereocenters. The van der Waals surface area contributed by atoms with Crippen LogP contribution in [0.3, 0.4) is 0 Å². The molecule has 0 saturated carbocycles. The van der Waals surface area contributed by atoms with Gasteiger partial charge < -0.3 is 0 Å². The minimum absolute atomic E-state index is 0.341. The van der Waals surface area contributed by atoms with Crippen LogP contribution in [0.1, 0.15) is 11.1 Å². The molecule has 0 aliphatic heterocycles. The zero-order chi connectivity index (χ0) is 17.7.